The number of carbonyl (C=O) groups excluding carboxylic acids is 1. The van der Waals surface area contributed by atoms with Crippen LogP contribution in [0.5, 0.6) is 17.2 Å². The molecule has 2 heterocycles. The Morgan fingerprint density at radius 3 is 2.43 bits per heavy atom. The molecule has 10 nitrogen and oxygen atoms in total. The molecule has 10 heteroatoms. The highest BCUT2D eigenvalue weighted by molar-refractivity contribution is 5.84. The number of hydrazone groups is 1. The second kappa shape index (κ2) is 7.90. The molecule has 1 amide bonds. The molecular weight excluding hydrogens is 390 g/mol. The third kappa shape index (κ3) is 3.36. The first-order valence-electron chi connectivity index (χ1n) is 9.17. The van der Waals surface area contributed by atoms with Crippen molar-refractivity contribution in [1.29, 1.82) is 0 Å². The maximum atomic E-state index is 12.2. The second-order valence-electron chi connectivity index (χ2n) is 6.52. The van der Waals surface area contributed by atoms with Gasteiger partial charge in [0.2, 0.25) is 23.8 Å². The van der Waals surface area contributed by atoms with Crippen LogP contribution >= 0.6 is 0 Å². The van der Waals surface area contributed by atoms with E-state index in [1.54, 1.807) is 16.8 Å². The molecule has 2 aromatic carbocycles. The van der Waals surface area contributed by atoms with Crippen LogP contribution in [-0.4, -0.2) is 53.1 Å². The van der Waals surface area contributed by atoms with Crippen LogP contribution in [-0.2, 0) is 16.1 Å². The molecule has 0 N–H and O–H groups in total. The standard InChI is InChI=1S/C20H21N5O5/c1-12(26)25-20(13-9-16(27-2)19(29-4)17(10-13)28-3)30-18(22-25)11-24-15-8-6-5-7-14(15)21-23-24/h5-10,20H,11H2,1-4H3/t20-/m0/s1. The van der Waals surface area contributed by atoms with Crippen LogP contribution in [0.25, 0.3) is 11.0 Å². The van der Waals surface area contributed by atoms with Gasteiger partial charge in [-0.15, -0.1) is 10.2 Å². The fourth-order valence-corrected chi connectivity index (χ4v) is 3.29. The van der Waals surface area contributed by atoms with Crippen LogP contribution in [0, 0.1) is 0 Å². The summed E-state index contributed by atoms with van der Waals surface area (Å²) in [7, 11) is 4.58. The number of ether oxygens (including phenoxy) is 4. The number of methoxy groups -OCH3 is 3. The molecule has 30 heavy (non-hydrogen) atoms. The highest BCUT2D eigenvalue weighted by atomic mass is 16.5. The van der Waals surface area contributed by atoms with Crippen molar-refractivity contribution in [2.45, 2.75) is 19.7 Å². The van der Waals surface area contributed by atoms with E-state index in [-0.39, 0.29) is 12.5 Å². The Bertz CT molecular complexity index is 1100. The zero-order chi connectivity index (χ0) is 21.3. The van der Waals surface area contributed by atoms with Crippen molar-refractivity contribution in [1.82, 2.24) is 20.0 Å². The summed E-state index contributed by atoms with van der Waals surface area (Å²) in [5.41, 5.74) is 2.23. The molecular formula is C20H21N5O5. The van der Waals surface area contributed by atoms with E-state index in [1.807, 2.05) is 24.3 Å². The molecule has 0 radical (unpaired) electrons. The maximum Gasteiger partial charge on any atom is 0.243 e. The number of rotatable bonds is 6. The second-order valence-corrected chi connectivity index (χ2v) is 6.52. The van der Waals surface area contributed by atoms with Gasteiger partial charge in [-0.25, -0.2) is 4.68 Å². The summed E-state index contributed by atoms with van der Waals surface area (Å²) < 4.78 is 23.9. The predicted molar refractivity (Wildman–Crippen MR) is 107 cm³/mol. The van der Waals surface area contributed by atoms with Gasteiger partial charge in [-0.3, -0.25) is 4.79 Å². The van der Waals surface area contributed by atoms with Gasteiger partial charge in [0, 0.05) is 12.5 Å². The zero-order valence-corrected chi connectivity index (χ0v) is 17.0. The summed E-state index contributed by atoms with van der Waals surface area (Å²) in [6.07, 6.45) is -0.777. The molecule has 3 aromatic rings. The molecule has 0 bridgehead atoms. The number of amides is 1. The van der Waals surface area contributed by atoms with Crippen molar-refractivity contribution < 1.29 is 23.7 Å². The van der Waals surface area contributed by atoms with Crippen LogP contribution < -0.4 is 14.2 Å². The van der Waals surface area contributed by atoms with Gasteiger partial charge in [-0.05, 0) is 24.3 Å². The molecule has 1 aromatic heterocycles. The topological polar surface area (TPSA) is 100 Å². The Morgan fingerprint density at radius 1 is 1.10 bits per heavy atom. The number of benzene rings is 2. The lowest BCUT2D eigenvalue weighted by atomic mass is 10.1. The number of para-hydroxylation sites is 1. The number of hydrogen-bond donors (Lipinski definition) is 0. The Labute approximate surface area is 172 Å². The molecule has 156 valence electrons. The number of fused-ring (bicyclic) bond motifs is 1. The van der Waals surface area contributed by atoms with E-state index >= 15 is 0 Å². The summed E-state index contributed by atoms with van der Waals surface area (Å²) in [4.78, 5) is 12.2. The van der Waals surface area contributed by atoms with Crippen molar-refractivity contribution >= 4 is 22.8 Å². The van der Waals surface area contributed by atoms with Crippen LogP contribution in [0.4, 0.5) is 0 Å². The van der Waals surface area contributed by atoms with Gasteiger partial charge in [-0.2, -0.15) is 5.01 Å². The summed E-state index contributed by atoms with van der Waals surface area (Å²) in [5, 5.41) is 13.9. The van der Waals surface area contributed by atoms with E-state index in [9.17, 15) is 4.79 Å². The van der Waals surface area contributed by atoms with Crippen molar-refractivity contribution in [2.24, 2.45) is 5.10 Å². The van der Waals surface area contributed by atoms with Crippen LogP contribution in [0.2, 0.25) is 0 Å². The van der Waals surface area contributed by atoms with E-state index in [1.165, 1.54) is 33.3 Å². The third-order valence-corrected chi connectivity index (χ3v) is 4.69. The van der Waals surface area contributed by atoms with Crippen LogP contribution in [0.1, 0.15) is 18.7 Å². The lowest BCUT2D eigenvalue weighted by Gasteiger charge is -2.21. The van der Waals surface area contributed by atoms with Gasteiger partial charge >= 0.3 is 0 Å². The van der Waals surface area contributed by atoms with E-state index < -0.39 is 6.23 Å². The van der Waals surface area contributed by atoms with Gasteiger partial charge in [0.1, 0.15) is 12.1 Å². The third-order valence-electron chi connectivity index (χ3n) is 4.69. The largest absolute Gasteiger partial charge is 0.493 e. The Hall–Kier alpha value is -3.82. The zero-order valence-electron chi connectivity index (χ0n) is 17.0. The monoisotopic (exact) mass is 411 g/mol. The lowest BCUT2D eigenvalue weighted by molar-refractivity contribution is -0.135. The Balaban J connectivity index is 1.66. The minimum atomic E-state index is -0.777. The van der Waals surface area contributed by atoms with Crippen molar-refractivity contribution in [2.75, 3.05) is 21.3 Å². The molecule has 4 rings (SSSR count). The first-order chi connectivity index (χ1) is 14.5. The van der Waals surface area contributed by atoms with E-state index in [0.717, 1.165) is 11.0 Å². The first-order valence-corrected chi connectivity index (χ1v) is 9.17. The summed E-state index contributed by atoms with van der Waals surface area (Å²) in [6.45, 7) is 1.65. The summed E-state index contributed by atoms with van der Waals surface area (Å²) >= 11 is 0. The van der Waals surface area contributed by atoms with Crippen molar-refractivity contribution in [3.8, 4) is 17.2 Å². The van der Waals surface area contributed by atoms with Gasteiger partial charge in [0.25, 0.3) is 0 Å². The summed E-state index contributed by atoms with van der Waals surface area (Å²) in [6, 6.07) is 11.0. The normalized spacial score (nSPS) is 15.7. The van der Waals surface area contributed by atoms with Crippen LogP contribution in [0.15, 0.2) is 41.5 Å². The van der Waals surface area contributed by atoms with E-state index in [2.05, 4.69) is 15.4 Å². The van der Waals surface area contributed by atoms with Gasteiger partial charge in [0.15, 0.2) is 11.5 Å². The molecule has 0 aliphatic carbocycles. The Kier molecular flexibility index (Phi) is 5.13. The fraction of sp³-hybridized carbons (Fsp3) is 0.300. The number of aromatic nitrogens is 3. The number of nitrogens with zero attached hydrogens (tertiary/aromatic N) is 5. The van der Waals surface area contributed by atoms with Gasteiger partial charge < -0.3 is 18.9 Å². The van der Waals surface area contributed by atoms with Crippen molar-refractivity contribution in [3.63, 3.8) is 0 Å². The van der Waals surface area contributed by atoms with Gasteiger partial charge in [0.05, 0.1) is 26.8 Å². The highest BCUT2D eigenvalue weighted by Gasteiger charge is 2.34. The quantitative estimate of drug-likeness (QED) is 0.614. The average molecular weight is 411 g/mol. The Morgan fingerprint density at radius 2 is 1.80 bits per heavy atom. The molecule has 1 aliphatic rings. The fourth-order valence-electron chi connectivity index (χ4n) is 3.29. The SMILES string of the molecule is COc1cc([C@@H]2OC(Cn3nnc4ccccc43)=NN2C(C)=O)cc(OC)c1OC. The number of hydrogen-bond acceptors (Lipinski definition) is 8. The summed E-state index contributed by atoms with van der Waals surface area (Å²) in [5.74, 6) is 1.42. The minimum Gasteiger partial charge on any atom is -0.493 e. The van der Waals surface area contributed by atoms with E-state index in [4.69, 9.17) is 18.9 Å². The number of carbonyl (C=O) groups is 1. The molecule has 0 spiro atoms. The molecule has 0 unspecified atom stereocenters. The van der Waals surface area contributed by atoms with E-state index in [0.29, 0.717) is 28.7 Å². The molecule has 1 aliphatic heterocycles. The minimum absolute atomic E-state index is 0.227. The molecule has 0 saturated carbocycles. The predicted octanol–water partition coefficient (Wildman–Crippen LogP) is 2.35. The maximum absolute atomic E-state index is 12.2. The smallest absolute Gasteiger partial charge is 0.243 e. The highest BCUT2D eigenvalue weighted by Crippen LogP contribution is 2.42. The van der Waals surface area contributed by atoms with Crippen LogP contribution in [0.3, 0.4) is 0 Å². The first kappa shape index (κ1) is 19.5. The average Bonchev–Trinajstić information content (AvgIpc) is 3.37. The molecule has 1 atom stereocenters. The molecule has 0 fully saturated rings. The van der Waals surface area contributed by atoms with Gasteiger partial charge in [-0.1, -0.05) is 17.3 Å². The molecule has 0 saturated heterocycles. The lowest BCUT2D eigenvalue weighted by Crippen LogP contribution is -2.25. The van der Waals surface area contributed by atoms with Crippen molar-refractivity contribution in [3.05, 3.63) is 42.0 Å².